The van der Waals surface area contributed by atoms with Gasteiger partial charge in [0.15, 0.2) is 0 Å². The van der Waals surface area contributed by atoms with Crippen molar-refractivity contribution in [2.75, 3.05) is 10.6 Å². The number of benzene rings is 2. The van der Waals surface area contributed by atoms with Crippen molar-refractivity contribution in [3.05, 3.63) is 63.7 Å². The summed E-state index contributed by atoms with van der Waals surface area (Å²) in [5.74, 6) is -2.34. The van der Waals surface area contributed by atoms with Crippen LogP contribution in [0.5, 0.6) is 0 Å². The molecule has 0 saturated carbocycles. The highest BCUT2D eigenvalue weighted by Gasteiger charge is 2.15. The Morgan fingerprint density at radius 2 is 1.63 bits per heavy atom. The van der Waals surface area contributed by atoms with E-state index < -0.39 is 22.6 Å². The number of nitrogens with one attached hydrogen (secondary N) is 3. The molecule has 2 rings (SSSR count). The highest BCUT2D eigenvalue weighted by Crippen LogP contribution is 2.22. The van der Waals surface area contributed by atoms with Gasteiger partial charge in [0.2, 0.25) is 5.91 Å². The van der Waals surface area contributed by atoms with Crippen LogP contribution in [0, 0.1) is 24.0 Å². The maximum atomic E-state index is 12.2. The smallest absolute Gasteiger partial charge is 0.325 e. The van der Waals surface area contributed by atoms with Crippen molar-refractivity contribution in [3.63, 3.8) is 0 Å². The van der Waals surface area contributed by atoms with Gasteiger partial charge in [-0.3, -0.25) is 24.5 Å². The Kier molecular flexibility index (Phi) is 7.34. The number of hydrogen-bond donors (Lipinski definition) is 3. The summed E-state index contributed by atoms with van der Waals surface area (Å²) in [6.07, 6.45) is -0.179. The van der Waals surface area contributed by atoms with Crippen LogP contribution in [0.25, 0.3) is 0 Å². The minimum atomic E-state index is -0.979. The summed E-state index contributed by atoms with van der Waals surface area (Å²) < 4.78 is 0. The van der Waals surface area contributed by atoms with E-state index in [4.69, 9.17) is 0 Å². The highest BCUT2D eigenvalue weighted by atomic mass is 16.6. The molecule has 0 bridgehead atoms. The zero-order valence-electron chi connectivity index (χ0n) is 16.7. The number of non-ortho nitro benzene ring substituents is 1. The van der Waals surface area contributed by atoms with Crippen LogP contribution in [0.2, 0.25) is 0 Å². The number of nitrogens with zero attached hydrogens (tertiary/aromatic N) is 2. The largest absolute Gasteiger partial charge is 0.329 e. The molecule has 0 radical (unpaired) electrons. The van der Waals surface area contributed by atoms with Crippen molar-refractivity contribution in [3.8, 4) is 0 Å². The topological polar surface area (TPSA) is 143 Å². The van der Waals surface area contributed by atoms with E-state index in [2.05, 4.69) is 21.2 Å². The zero-order valence-corrected chi connectivity index (χ0v) is 16.7. The molecule has 3 amide bonds. The number of amides is 3. The number of para-hydroxylation sites is 1. The summed E-state index contributed by atoms with van der Waals surface area (Å²) in [5.41, 5.74) is 4.46. The van der Waals surface area contributed by atoms with Crippen molar-refractivity contribution in [2.24, 2.45) is 5.10 Å². The second-order valence-electron chi connectivity index (χ2n) is 6.54. The first-order valence-corrected chi connectivity index (χ1v) is 8.92. The summed E-state index contributed by atoms with van der Waals surface area (Å²) in [6.45, 7) is 4.99. The molecular formula is C20H21N5O5. The number of anilines is 2. The second-order valence-corrected chi connectivity index (χ2v) is 6.54. The van der Waals surface area contributed by atoms with E-state index in [1.165, 1.54) is 25.1 Å². The SMILES string of the molecule is CC(CC(=O)Nc1cc([N+](=O)[O-])ccc1C)=NNC(=O)C(=O)Nc1ccccc1C. The number of nitro benzene ring substituents is 1. The average Bonchev–Trinajstić information content (AvgIpc) is 2.69. The van der Waals surface area contributed by atoms with Gasteiger partial charge in [-0.05, 0) is 38.0 Å². The molecule has 0 aliphatic heterocycles. The molecule has 2 aromatic carbocycles. The lowest BCUT2D eigenvalue weighted by Gasteiger charge is -2.09. The molecule has 3 N–H and O–H groups in total. The highest BCUT2D eigenvalue weighted by molar-refractivity contribution is 6.39. The van der Waals surface area contributed by atoms with E-state index in [1.54, 1.807) is 38.1 Å². The Hall–Kier alpha value is -4.08. The monoisotopic (exact) mass is 411 g/mol. The first-order chi connectivity index (χ1) is 14.2. The number of carbonyl (C=O) groups excluding carboxylic acids is 3. The molecule has 0 saturated heterocycles. The van der Waals surface area contributed by atoms with Crippen LogP contribution in [0.3, 0.4) is 0 Å². The average molecular weight is 411 g/mol. The maximum absolute atomic E-state index is 12.2. The van der Waals surface area contributed by atoms with E-state index >= 15 is 0 Å². The van der Waals surface area contributed by atoms with E-state index in [-0.39, 0.29) is 17.8 Å². The first-order valence-electron chi connectivity index (χ1n) is 8.92. The summed E-state index contributed by atoms with van der Waals surface area (Å²) in [4.78, 5) is 46.3. The van der Waals surface area contributed by atoms with Gasteiger partial charge < -0.3 is 10.6 Å². The summed E-state index contributed by atoms with van der Waals surface area (Å²) in [7, 11) is 0. The molecule has 0 unspecified atom stereocenters. The van der Waals surface area contributed by atoms with Crippen LogP contribution in [0.1, 0.15) is 24.5 Å². The molecule has 0 aliphatic rings. The predicted octanol–water partition coefficient (Wildman–Crippen LogP) is 2.67. The number of aryl methyl sites for hydroxylation is 2. The van der Waals surface area contributed by atoms with Gasteiger partial charge in [0.05, 0.1) is 17.0 Å². The number of hydrogen-bond acceptors (Lipinski definition) is 6. The molecule has 0 atom stereocenters. The number of rotatable bonds is 6. The van der Waals surface area contributed by atoms with Crippen LogP contribution >= 0.6 is 0 Å². The number of nitro groups is 1. The van der Waals surface area contributed by atoms with Crippen LogP contribution in [0.15, 0.2) is 47.6 Å². The molecule has 30 heavy (non-hydrogen) atoms. The Labute approximate surface area is 172 Å². The third-order valence-electron chi connectivity index (χ3n) is 4.07. The molecule has 0 aromatic heterocycles. The molecule has 2 aromatic rings. The molecular weight excluding hydrogens is 390 g/mol. The number of carbonyl (C=O) groups is 3. The van der Waals surface area contributed by atoms with Gasteiger partial charge in [-0.15, -0.1) is 0 Å². The normalized spacial score (nSPS) is 10.8. The van der Waals surface area contributed by atoms with Gasteiger partial charge in [0.25, 0.3) is 5.69 Å². The third-order valence-corrected chi connectivity index (χ3v) is 4.07. The fourth-order valence-electron chi connectivity index (χ4n) is 2.41. The standard InChI is InChI=1S/C20H21N5O5/c1-12-6-4-5-7-16(12)22-19(27)20(28)24-23-14(3)10-18(26)21-17-11-15(25(29)30)9-8-13(17)2/h4-9,11H,10H2,1-3H3,(H,21,26)(H,22,27)(H,24,28). The molecule has 0 aliphatic carbocycles. The number of hydrazone groups is 1. The zero-order chi connectivity index (χ0) is 22.3. The van der Waals surface area contributed by atoms with Gasteiger partial charge in [-0.2, -0.15) is 5.10 Å². The van der Waals surface area contributed by atoms with Crippen molar-refractivity contribution < 1.29 is 19.3 Å². The lowest BCUT2D eigenvalue weighted by molar-refractivity contribution is -0.384. The molecule has 0 spiro atoms. The molecule has 156 valence electrons. The van der Waals surface area contributed by atoms with Crippen molar-refractivity contribution in [1.29, 1.82) is 0 Å². The fraction of sp³-hybridized carbons (Fsp3) is 0.200. The Bertz CT molecular complexity index is 1030. The Morgan fingerprint density at radius 3 is 2.30 bits per heavy atom. The summed E-state index contributed by atoms with van der Waals surface area (Å²) >= 11 is 0. The van der Waals surface area contributed by atoms with Gasteiger partial charge in [-0.1, -0.05) is 24.3 Å². The van der Waals surface area contributed by atoms with Gasteiger partial charge >= 0.3 is 11.8 Å². The van der Waals surface area contributed by atoms with E-state index in [0.717, 1.165) is 5.56 Å². The third kappa shape index (κ3) is 6.23. The van der Waals surface area contributed by atoms with E-state index in [9.17, 15) is 24.5 Å². The van der Waals surface area contributed by atoms with Crippen LogP contribution in [0.4, 0.5) is 17.1 Å². The minimum absolute atomic E-state index is 0.145. The quantitative estimate of drug-likeness (QED) is 0.290. The molecule has 10 nitrogen and oxygen atoms in total. The Morgan fingerprint density at radius 1 is 0.967 bits per heavy atom. The van der Waals surface area contributed by atoms with Gasteiger partial charge in [0, 0.05) is 23.5 Å². The second kappa shape index (κ2) is 9.92. The Balaban J connectivity index is 1.91. The van der Waals surface area contributed by atoms with E-state index in [1.807, 2.05) is 0 Å². The summed E-state index contributed by atoms with van der Waals surface area (Å²) in [6, 6.07) is 11.1. The maximum Gasteiger partial charge on any atom is 0.329 e. The fourth-order valence-corrected chi connectivity index (χ4v) is 2.41. The minimum Gasteiger partial charge on any atom is -0.325 e. The van der Waals surface area contributed by atoms with Gasteiger partial charge in [0.1, 0.15) is 0 Å². The molecule has 10 heteroatoms. The first kappa shape index (κ1) is 22.2. The van der Waals surface area contributed by atoms with Gasteiger partial charge in [-0.25, -0.2) is 5.43 Å². The van der Waals surface area contributed by atoms with Crippen LogP contribution in [-0.4, -0.2) is 28.4 Å². The molecule has 0 fully saturated rings. The lowest BCUT2D eigenvalue weighted by atomic mass is 10.1. The summed E-state index contributed by atoms with van der Waals surface area (Å²) in [5, 5.41) is 19.7. The lowest BCUT2D eigenvalue weighted by Crippen LogP contribution is -2.33. The van der Waals surface area contributed by atoms with Crippen molar-refractivity contribution in [2.45, 2.75) is 27.2 Å². The van der Waals surface area contributed by atoms with E-state index in [0.29, 0.717) is 16.9 Å². The predicted molar refractivity (Wildman–Crippen MR) is 112 cm³/mol. The molecule has 0 heterocycles. The van der Waals surface area contributed by atoms with Crippen LogP contribution < -0.4 is 16.1 Å². The van der Waals surface area contributed by atoms with Crippen molar-refractivity contribution in [1.82, 2.24) is 5.43 Å². The van der Waals surface area contributed by atoms with Crippen LogP contribution in [-0.2, 0) is 14.4 Å². The van der Waals surface area contributed by atoms with Crippen molar-refractivity contribution >= 4 is 40.5 Å².